The van der Waals surface area contributed by atoms with Crippen molar-refractivity contribution in [2.45, 2.75) is 32.1 Å². The van der Waals surface area contributed by atoms with Gasteiger partial charge in [0.05, 0.1) is 5.69 Å². The highest BCUT2D eigenvalue weighted by Crippen LogP contribution is 2.27. The third-order valence-corrected chi connectivity index (χ3v) is 5.12. The molecule has 3 N–H and O–H groups in total. The number of nitrogens with zero attached hydrogens (tertiary/aromatic N) is 3. The molecular weight excluding hydrogens is 362 g/mol. The van der Waals surface area contributed by atoms with E-state index in [1.165, 1.54) is 0 Å². The molecule has 152 valence electrons. The summed E-state index contributed by atoms with van der Waals surface area (Å²) in [7, 11) is 0. The number of rotatable bonds is 7. The predicted molar refractivity (Wildman–Crippen MR) is 118 cm³/mol. The molecule has 0 bridgehead atoms. The van der Waals surface area contributed by atoms with Crippen molar-refractivity contribution in [2.24, 2.45) is 10.7 Å². The van der Waals surface area contributed by atoms with E-state index < -0.39 is 0 Å². The van der Waals surface area contributed by atoms with E-state index in [9.17, 15) is 4.79 Å². The van der Waals surface area contributed by atoms with Crippen LogP contribution in [0, 0.1) is 0 Å². The zero-order valence-electron chi connectivity index (χ0n) is 16.9. The number of carbonyl (C=O) groups is 1. The molecule has 1 aliphatic rings. The van der Waals surface area contributed by atoms with Crippen molar-refractivity contribution in [1.29, 1.82) is 0 Å². The van der Waals surface area contributed by atoms with Crippen LogP contribution in [0.2, 0.25) is 0 Å². The number of hydrogen-bond donors (Lipinski definition) is 2. The molecule has 1 aliphatic heterocycles. The molecule has 1 aromatic heterocycles. The first-order valence-corrected chi connectivity index (χ1v) is 10.2. The number of anilines is 1. The van der Waals surface area contributed by atoms with Crippen molar-refractivity contribution < 1.29 is 4.79 Å². The van der Waals surface area contributed by atoms with E-state index in [-0.39, 0.29) is 5.91 Å². The first-order chi connectivity index (χ1) is 14.2. The van der Waals surface area contributed by atoms with Gasteiger partial charge in [-0.05, 0) is 62.0 Å². The summed E-state index contributed by atoms with van der Waals surface area (Å²) in [6, 6.07) is 15.7. The Bertz CT molecular complexity index is 855. The van der Waals surface area contributed by atoms with Crippen molar-refractivity contribution >= 4 is 23.6 Å². The maximum Gasteiger partial charge on any atom is 0.225 e. The molecule has 29 heavy (non-hydrogen) atoms. The molecule has 2 aromatic rings. The highest BCUT2D eigenvalue weighted by atomic mass is 16.1. The van der Waals surface area contributed by atoms with Gasteiger partial charge >= 0.3 is 0 Å². The molecule has 0 spiro atoms. The van der Waals surface area contributed by atoms with E-state index in [1.54, 1.807) is 6.20 Å². The van der Waals surface area contributed by atoms with Crippen LogP contribution < -0.4 is 11.1 Å². The van der Waals surface area contributed by atoms with Gasteiger partial charge in [-0.25, -0.2) is 4.98 Å². The number of aromatic nitrogens is 1. The minimum atomic E-state index is -0.0114. The summed E-state index contributed by atoms with van der Waals surface area (Å²) >= 11 is 0. The molecule has 1 fully saturated rings. The third-order valence-electron chi connectivity index (χ3n) is 5.12. The second kappa shape index (κ2) is 10.5. The molecule has 3 rings (SSSR count). The number of benzene rings is 1. The van der Waals surface area contributed by atoms with Crippen LogP contribution >= 0.6 is 0 Å². The topological polar surface area (TPSA) is 83.6 Å². The fourth-order valence-electron chi connectivity index (χ4n) is 3.43. The summed E-state index contributed by atoms with van der Waals surface area (Å²) in [6.07, 6.45) is 6.01. The van der Waals surface area contributed by atoms with Crippen LogP contribution in [0.3, 0.4) is 0 Å². The van der Waals surface area contributed by atoms with Gasteiger partial charge in [-0.15, -0.1) is 0 Å². The second-order valence-electron chi connectivity index (χ2n) is 7.24. The number of likely N-dealkylation sites (tertiary alicyclic amines) is 1. The van der Waals surface area contributed by atoms with Crippen molar-refractivity contribution in [3.8, 4) is 0 Å². The van der Waals surface area contributed by atoms with Gasteiger partial charge in [0.25, 0.3) is 0 Å². The second-order valence-corrected chi connectivity index (χ2v) is 7.24. The lowest BCUT2D eigenvalue weighted by Crippen LogP contribution is -2.35. The van der Waals surface area contributed by atoms with Crippen LogP contribution in [-0.2, 0) is 4.79 Å². The van der Waals surface area contributed by atoms with E-state index >= 15 is 0 Å². The number of pyridine rings is 1. The van der Waals surface area contributed by atoms with E-state index in [0.717, 1.165) is 49.4 Å². The smallest absolute Gasteiger partial charge is 0.225 e. The largest absolute Gasteiger partial charge is 0.404 e. The zero-order valence-corrected chi connectivity index (χ0v) is 16.9. The summed E-state index contributed by atoms with van der Waals surface area (Å²) in [5.74, 6) is 1.04. The summed E-state index contributed by atoms with van der Waals surface area (Å²) in [4.78, 5) is 23.1. The molecule has 0 unspecified atom stereocenters. The van der Waals surface area contributed by atoms with Gasteiger partial charge < -0.3 is 11.1 Å². The van der Waals surface area contributed by atoms with Gasteiger partial charge in [0, 0.05) is 30.8 Å². The lowest BCUT2D eigenvalue weighted by Gasteiger charge is -2.31. The van der Waals surface area contributed by atoms with E-state index in [1.807, 2.05) is 55.6 Å². The maximum atomic E-state index is 11.6. The Morgan fingerprint density at radius 1 is 1.21 bits per heavy atom. The Hall–Kier alpha value is -2.99. The fraction of sp³-hybridized carbons (Fsp3) is 0.348. The minimum absolute atomic E-state index is 0.0114. The quantitative estimate of drug-likeness (QED) is 0.702. The van der Waals surface area contributed by atoms with Crippen LogP contribution in [0.4, 0.5) is 11.5 Å². The Morgan fingerprint density at radius 2 is 1.97 bits per heavy atom. The Kier molecular flexibility index (Phi) is 7.53. The molecule has 1 saturated heterocycles. The molecular formula is C23H29N5O. The number of para-hydroxylation sites is 1. The van der Waals surface area contributed by atoms with E-state index in [2.05, 4.69) is 26.3 Å². The average molecular weight is 392 g/mol. The predicted octanol–water partition coefficient (Wildman–Crippen LogP) is 3.85. The van der Waals surface area contributed by atoms with Crippen molar-refractivity contribution in [3.63, 3.8) is 0 Å². The standard InChI is InChI=1S/C23H29N5O/c1-2-23(29)27-22-10-6-9-21(26-22)19-11-13-28(14-12-19)17-18(15-24)16-25-20-7-4-3-5-8-20/h3-10,15-16,19H,2,11-14,17,24H2,1H3,(H,26,27,29). The van der Waals surface area contributed by atoms with Crippen molar-refractivity contribution in [1.82, 2.24) is 9.88 Å². The zero-order chi connectivity index (χ0) is 20.5. The summed E-state index contributed by atoms with van der Waals surface area (Å²) in [5.41, 5.74) is 8.80. The minimum Gasteiger partial charge on any atom is -0.404 e. The van der Waals surface area contributed by atoms with E-state index in [0.29, 0.717) is 18.2 Å². The molecule has 0 saturated carbocycles. The molecule has 1 aromatic carbocycles. The van der Waals surface area contributed by atoms with Crippen LogP contribution in [0.5, 0.6) is 0 Å². The summed E-state index contributed by atoms with van der Waals surface area (Å²) in [5, 5.41) is 2.84. The molecule has 0 atom stereocenters. The lowest BCUT2D eigenvalue weighted by atomic mass is 9.93. The Morgan fingerprint density at radius 3 is 2.66 bits per heavy atom. The number of nitrogens with two attached hydrogens (primary N) is 1. The Balaban J connectivity index is 1.53. The van der Waals surface area contributed by atoms with Crippen LogP contribution in [0.15, 0.2) is 65.3 Å². The molecule has 2 heterocycles. The molecule has 0 aliphatic carbocycles. The Labute approximate surface area is 172 Å². The van der Waals surface area contributed by atoms with Gasteiger partial charge in [-0.2, -0.15) is 0 Å². The lowest BCUT2D eigenvalue weighted by molar-refractivity contribution is -0.115. The van der Waals surface area contributed by atoms with Gasteiger partial charge in [0.1, 0.15) is 5.82 Å². The molecule has 6 nitrogen and oxygen atoms in total. The number of aliphatic imine (C=N–C) groups is 1. The third kappa shape index (κ3) is 6.26. The number of piperidine rings is 1. The van der Waals surface area contributed by atoms with Crippen LogP contribution in [0.1, 0.15) is 37.8 Å². The fourth-order valence-corrected chi connectivity index (χ4v) is 3.43. The number of amides is 1. The summed E-state index contributed by atoms with van der Waals surface area (Å²) in [6.45, 7) is 4.59. The van der Waals surface area contributed by atoms with Crippen LogP contribution in [0.25, 0.3) is 0 Å². The van der Waals surface area contributed by atoms with Crippen molar-refractivity contribution in [2.75, 3.05) is 25.0 Å². The highest BCUT2D eigenvalue weighted by molar-refractivity contribution is 5.89. The van der Waals surface area contributed by atoms with Gasteiger partial charge in [0.15, 0.2) is 0 Å². The van der Waals surface area contributed by atoms with Crippen LogP contribution in [-0.4, -0.2) is 41.6 Å². The number of carbonyl (C=O) groups excluding carboxylic acids is 1. The average Bonchev–Trinajstić information content (AvgIpc) is 2.78. The SMILES string of the molecule is CCC(=O)Nc1cccc(C2CCN(CC(C=Nc3ccccc3)=CN)CC2)n1. The molecule has 1 amide bonds. The first-order valence-electron chi connectivity index (χ1n) is 10.2. The maximum absolute atomic E-state index is 11.6. The van der Waals surface area contributed by atoms with Gasteiger partial charge in [-0.1, -0.05) is 31.2 Å². The van der Waals surface area contributed by atoms with Crippen molar-refractivity contribution in [3.05, 3.63) is 66.0 Å². The van der Waals surface area contributed by atoms with Gasteiger partial charge in [0.2, 0.25) is 5.91 Å². The monoisotopic (exact) mass is 391 g/mol. The molecule has 0 radical (unpaired) electrons. The number of hydrogen-bond acceptors (Lipinski definition) is 5. The normalized spacial score (nSPS) is 16.2. The van der Waals surface area contributed by atoms with Gasteiger partial charge in [-0.3, -0.25) is 14.7 Å². The first kappa shape index (κ1) is 20.7. The van der Waals surface area contributed by atoms with E-state index in [4.69, 9.17) is 5.73 Å². The summed E-state index contributed by atoms with van der Waals surface area (Å²) < 4.78 is 0. The molecule has 6 heteroatoms. The highest BCUT2D eigenvalue weighted by Gasteiger charge is 2.22. The number of nitrogens with one attached hydrogen (secondary N) is 1.